The first-order chi connectivity index (χ1) is 11.1. The van der Waals surface area contributed by atoms with E-state index in [1.54, 1.807) is 18.2 Å². The molecule has 0 aliphatic heterocycles. The zero-order valence-corrected chi connectivity index (χ0v) is 12.4. The minimum atomic E-state index is -0.481. The van der Waals surface area contributed by atoms with Crippen LogP contribution in [0.3, 0.4) is 0 Å². The molecule has 0 saturated carbocycles. The normalized spacial score (nSPS) is 10.7. The molecule has 6 heteroatoms. The first-order valence-electron chi connectivity index (χ1n) is 6.82. The van der Waals surface area contributed by atoms with Crippen LogP contribution < -0.4 is 10.6 Å². The highest BCUT2D eigenvalue weighted by Crippen LogP contribution is 2.20. The van der Waals surface area contributed by atoms with E-state index in [1.807, 2.05) is 30.3 Å². The van der Waals surface area contributed by atoms with Gasteiger partial charge in [-0.15, -0.1) is 0 Å². The lowest BCUT2D eigenvalue weighted by molar-refractivity contribution is -0.385. The smallest absolute Gasteiger partial charge is 0.287 e. The van der Waals surface area contributed by atoms with Gasteiger partial charge in [-0.3, -0.25) is 10.1 Å². The predicted molar refractivity (Wildman–Crippen MR) is 92.7 cm³/mol. The molecule has 0 aliphatic rings. The van der Waals surface area contributed by atoms with Crippen molar-refractivity contribution in [3.63, 3.8) is 0 Å². The van der Waals surface area contributed by atoms with Gasteiger partial charge in [0.25, 0.3) is 5.69 Å². The molecule has 23 heavy (non-hydrogen) atoms. The summed E-state index contributed by atoms with van der Waals surface area (Å²) in [5.74, 6) is 0.537. The van der Waals surface area contributed by atoms with Crippen LogP contribution >= 0.6 is 0 Å². The summed E-state index contributed by atoms with van der Waals surface area (Å²) in [6.45, 7) is 7.37. The summed E-state index contributed by atoms with van der Waals surface area (Å²) in [7, 11) is 0. The average molecular weight is 308 g/mol. The Morgan fingerprint density at radius 1 is 1.13 bits per heavy atom. The molecule has 1 aromatic heterocycles. The van der Waals surface area contributed by atoms with Crippen molar-refractivity contribution < 1.29 is 4.92 Å². The molecule has 6 nitrogen and oxygen atoms in total. The van der Waals surface area contributed by atoms with Gasteiger partial charge in [-0.05, 0) is 42.5 Å². The lowest BCUT2D eigenvalue weighted by Crippen LogP contribution is -1.97. The second-order valence-electron chi connectivity index (χ2n) is 4.55. The van der Waals surface area contributed by atoms with E-state index in [-0.39, 0.29) is 5.69 Å². The van der Waals surface area contributed by atoms with Crippen LogP contribution in [0.4, 0.5) is 22.9 Å². The van der Waals surface area contributed by atoms with Crippen molar-refractivity contribution in [2.75, 3.05) is 10.6 Å². The first kappa shape index (κ1) is 16.0. The molecular weight excluding hydrogens is 292 g/mol. The molecule has 0 spiro atoms. The largest absolute Gasteiger partial charge is 0.356 e. The fourth-order valence-electron chi connectivity index (χ4n) is 1.81. The van der Waals surface area contributed by atoms with Crippen molar-refractivity contribution in [1.82, 2.24) is 4.98 Å². The minimum Gasteiger partial charge on any atom is -0.356 e. The van der Waals surface area contributed by atoms with Crippen LogP contribution in [0, 0.1) is 10.1 Å². The molecule has 2 N–H and O–H groups in total. The van der Waals surface area contributed by atoms with E-state index >= 15 is 0 Å². The van der Waals surface area contributed by atoms with Crippen LogP contribution in [0.15, 0.2) is 79.7 Å². The molecule has 0 saturated heterocycles. The Labute approximate surface area is 134 Å². The Hall–Kier alpha value is -3.41. The summed E-state index contributed by atoms with van der Waals surface area (Å²) < 4.78 is 0. The van der Waals surface area contributed by atoms with Crippen LogP contribution in [0.25, 0.3) is 0 Å². The number of nitro groups is 1. The Morgan fingerprint density at radius 3 is 2.35 bits per heavy atom. The molecule has 0 unspecified atom stereocenters. The quantitative estimate of drug-likeness (QED) is 0.450. The standard InChI is InChI=1S/C17H16N4O2/c1-3-5-13(4-2)19-14-6-8-15(9-7-14)20-17-11-10-16(12-18-17)21(22)23/h3-12,19H,1-2H2,(H,18,20)/b13-5+. The SMILES string of the molecule is C=C/C=C(\C=C)Nc1ccc(Nc2ccc([N+](=O)[O-])cn2)cc1. The van der Waals surface area contributed by atoms with Gasteiger partial charge in [0.05, 0.1) is 4.92 Å². The third-order valence-corrected chi connectivity index (χ3v) is 2.92. The predicted octanol–water partition coefficient (Wildman–Crippen LogP) is 4.40. The number of aromatic nitrogens is 1. The zero-order chi connectivity index (χ0) is 16.7. The number of hydrogen-bond donors (Lipinski definition) is 2. The maximum Gasteiger partial charge on any atom is 0.287 e. The third-order valence-electron chi connectivity index (χ3n) is 2.92. The van der Waals surface area contributed by atoms with Gasteiger partial charge in [-0.2, -0.15) is 0 Å². The van der Waals surface area contributed by atoms with E-state index in [9.17, 15) is 10.1 Å². The highest BCUT2D eigenvalue weighted by atomic mass is 16.6. The lowest BCUT2D eigenvalue weighted by atomic mass is 10.2. The minimum absolute atomic E-state index is 0.0407. The molecule has 0 amide bonds. The molecular formula is C17H16N4O2. The summed E-state index contributed by atoms with van der Waals surface area (Å²) in [5, 5.41) is 16.9. The van der Waals surface area contributed by atoms with Crippen molar-refractivity contribution in [1.29, 1.82) is 0 Å². The molecule has 0 atom stereocenters. The summed E-state index contributed by atoms with van der Waals surface area (Å²) in [6.07, 6.45) is 6.42. The fourth-order valence-corrected chi connectivity index (χ4v) is 1.81. The van der Waals surface area contributed by atoms with E-state index < -0.39 is 4.92 Å². The van der Waals surface area contributed by atoms with Gasteiger partial charge >= 0.3 is 0 Å². The van der Waals surface area contributed by atoms with Crippen molar-refractivity contribution in [3.05, 3.63) is 89.8 Å². The summed E-state index contributed by atoms with van der Waals surface area (Å²) in [6, 6.07) is 10.5. The van der Waals surface area contributed by atoms with E-state index in [4.69, 9.17) is 0 Å². The van der Waals surface area contributed by atoms with Crippen molar-refractivity contribution in [2.24, 2.45) is 0 Å². The number of pyridine rings is 1. The Kier molecular flexibility index (Phi) is 5.25. The molecule has 1 aromatic carbocycles. The van der Waals surface area contributed by atoms with Gasteiger partial charge in [0.1, 0.15) is 12.0 Å². The topological polar surface area (TPSA) is 80.1 Å². The number of hydrogen-bond acceptors (Lipinski definition) is 5. The highest BCUT2D eigenvalue weighted by molar-refractivity contribution is 5.62. The third kappa shape index (κ3) is 4.53. The number of rotatable bonds is 7. The molecule has 2 aromatic rings. The monoisotopic (exact) mass is 308 g/mol. The lowest BCUT2D eigenvalue weighted by Gasteiger charge is -2.09. The van der Waals surface area contributed by atoms with Crippen LogP contribution in [0.2, 0.25) is 0 Å². The molecule has 2 rings (SSSR count). The second-order valence-corrected chi connectivity index (χ2v) is 4.55. The van der Waals surface area contributed by atoms with Gasteiger partial charge in [0.2, 0.25) is 0 Å². The molecule has 0 aliphatic carbocycles. The molecule has 116 valence electrons. The van der Waals surface area contributed by atoms with Gasteiger partial charge in [-0.1, -0.05) is 19.2 Å². The van der Waals surface area contributed by atoms with Gasteiger partial charge < -0.3 is 10.6 Å². The molecule has 1 heterocycles. The van der Waals surface area contributed by atoms with Crippen LogP contribution in [-0.4, -0.2) is 9.91 Å². The van der Waals surface area contributed by atoms with Crippen LogP contribution in [0.5, 0.6) is 0 Å². The average Bonchev–Trinajstić information content (AvgIpc) is 2.56. The van der Waals surface area contributed by atoms with Crippen molar-refractivity contribution in [2.45, 2.75) is 0 Å². The Morgan fingerprint density at radius 2 is 1.83 bits per heavy atom. The van der Waals surface area contributed by atoms with Crippen molar-refractivity contribution >= 4 is 22.9 Å². The van der Waals surface area contributed by atoms with E-state index in [0.29, 0.717) is 5.82 Å². The number of allylic oxidation sites excluding steroid dienone is 3. The van der Waals surface area contributed by atoms with Gasteiger partial charge in [0, 0.05) is 23.1 Å². The Bertz CT molecular complexity index is 734. The maximum atomic E-state index is 10.6. The van der Waals surface area contributed by atoms with E-state index in [0.717, 1.165) is 17.1 Å². The van der Waals surface area contributed by atoms with Gasteiger partial charge in [0.15, 0.2) is 0 Å². The highest BCUT2D eigenvalue weighted by Gasteiger charge is 2.05. The van der Waals surface area contributed by atoms with Crippen LogP contribution in [-0.2, 0) is 0 Å². The molecule has 0 radical (unpaired) electrons. The fraction of sp³-hybridized carbons (Fsp3) is 0. The first-order valence-corrected chi connectivity index (χ1v) is 6.82. The number of benzene rings is 1. The Balaban J connectivity index is 2.04. The summed E-state index contributed by atoms with van der Waals surface area (Å²) >= 11 is 0. The molecule has 0 bridgehead atoms. The number of nitrogens with one attached hydrogen (secondary N) is 2. The van der Waals surface area contributed by atoms with Crippen molar-refractivity contribution in [3.8, 4) is 0 Å². The number of anilines is 3. The number of nitrogens with zero attached hydrogens (tertiary/aromatic N) is 2. The summed E-state index contributed by atoms with van der Waals surface area (Å²) in [4.78, 5) is 14.1. The summed E-state index contributed by atoms with van der Waals surface area (Å²) in [5.41, 5.74) is 2.53. The molecule has 0 fully saturated rings. The van der Waals surface area contributed by atoms with E-state index in [1.165, 1.54) is 12.3 Å². The van der Waals surface area contributed by atoms with E-state index in [2.05, 4.69) is 28.8 Å². The second kappa shape index (κ2) is 7.56. The van der Waals surface area contributed by atoms with Crippen LogP contribution in [0.1, 0.15) is 0 Å². The van der Waals surface area contributed by atoms with Gasteiger partial charge in [-0.25, -0.2) is 4.98 Å². The zero-order valence-electron chi connectivity index (χ0n) is 12.4. The maximum absolute atomic E-state index is 10.6.